The minimum Gasteiger partial charge on any atom is -0.369 e. The molecule has 0 radical (unpaired) electrons. The molecular formula is C17H20N4O. The van der Waals surface area contributed by atoms with Crippen LogP contribution >= 0.6 is 0 Å². The van der Waals surface area contributed by atoms with Crippen molar-refractivity contribution in [1.29, 1.82) is 0 Å². The normalized spacial score (nSPS) is 15.5. The third-order valence-electron chi connectivity index (χ3n) is 4.48. The third kappa shape index (κ3) is 2.54. The van der Waals surface area contributed by atoms with Crippen LogP contribution in [0.15, 0.2) is 30.5 Å². The van der Waals surface area contributed by atoms with E-state index >= 15 is 0 Å². The minimum atomic E-state index is -0.448. The number of aromatic nitrogens is 2. The molecule has 5 heteroatoms. The number of benzene rings is 1. The van der Waals surface area contributed by atoms with Gasteiger partial charge in [-0.15, -0.1) is 0 Å². The highest BCUT2D eigenvalue weighted by Crippen LogP contribution is 2.49. The summed E-state index contributed by atoms with van der Waals surface area (Å²) in [7, 11) is 0. The lowest BCUT2D eigenvalue weighted by atomic mass is 9.88. The number of nitrogens with zero attached hydrogens (tertiary/aromatic N) is 2. The summed E-state index contributed by atoms with van der Waals surface area (Å²) in [6.45, 7) is 1.98. The number of rotatable bonds is 5. The molecule has 114 valence electrons. The Morgan fingerprint density at radius 2 is 2.00 bits per heavy atom. The van der Waals surface area contributed by atoms with Gasteiger partial charge in [-0.1, -0.05) is 24.3 Å². The van der Waals surface area contributed by atoms with E-state index in [1.165, 1.54) is 0 Å². The van der Waals surface area contributed by atoms with Crippen molar-refractivity contribution in [2.75, 3.05) is 5.73 Å². The number of anilines is 1. The summed E-state index contributed by atoms with van der Waals surface area (Å²) >= 11 is 0. The maximum absolute atomic E-state index is 11.8. The molecule has 1 fully saturated rings. The highest BCUT2D eigenvalue weighted by atomic mass is 16.1. The first kappa shape index (κ1) is 14.5. The number of nitrogen functional groups attached to an aromatic ring is 1. The van der Waals surface area contributed by atoms with Crippen LogP contribution in [-0.4, -0.2) is 15.9 Å². The monoisotopic (exact) mass is 296 g/mol. The first-order valence-corrected chi connectivity index (χ1v) is 7.49. The summed E-state index contributed by atoms with van der Waals surface area (Å²) < 4.78 is 0. The number of carbonyl (C=O) groups is 1. The van der Waals surface area contributed by atoms with Crippen molar-refractivity contribution in [3.63, 3.8) is 0 Å². The molecule has 1 aromatic heterocycles. The van der Waals surface area contributed by atoms with E-state index in [1.807, 2.05) is 25.1 Å². The van der Waals surface area contributed by atoms with E-state index in [9.17, 15) is 4.79 Å². The fourth-order valence-corrected chi connectivity index (χ4v) is 2.98. The number of carbonyl (C=O) groups excluding carboxylic acids is 1. The van der Waals surface area contributed by atoms with Crippen LogP contribution < -0.4 is 11.5 Å². The van der Waals surface area contributed by atoms with E-state index in [1.54, 1.807) is 6.20 Å². The van der Waals surface area contributed by atoms with Gasteiger partial charge in [-0.25, -0.2) is 9.97 Å². The molecule has 0 aliphatic heterocycles. The zero-order chi connectivity index (χ0) is 15.7. The fraction of sp³-hybridized carbons (Fsp3) is 0.353. The molecule has 1 heterocycles. The lowest BCUT2D eigenvalue weighted by molar-refractivity contribution is -0.120. The Hall–Kier alpha value is -2.43. The van der Waals surface area contributed by atoms with Crippen LogP contribution in [0.1, 0.15) is 35.2 Å². The smallest absolute Gasteiger partial charge is 0.228 e. The molecule has 1 aromatic carbocycles. The minimum absolute atomic E-state index is 0.220. The Morgan fingerprint density at radius 1 is 1.27 bits per heavy atom. The Morgan fingerprint density at radius 3 is 2.68 bits per heavy atom. The average molecular weight is 296 g/mol. The van der Waals surface area contributed by atoms with Gasteiger partial charge in [0.2, 0.25) is 11.9 Å². The standard InChI is InChI=1S/C17H20N4O/c1-11-10-20-16(19)21-14(11)7-6-12-4-2-3-5-13(12)17(8-9-17)15(18)22/h2-5,10H,6-9H2,1H3,(H2,18,22)(H2,19,20,21). The number of primary amides is 1. The predicted octanol–water partition coefficient (Wildman–Crippen LogP) is 1.67. The largest absolute Gasteiger partial charge is 0.369 e. The molecule has 3 rings (SSSR count). The van der Waals surface area contributed by atoms with Crippen LogP contribution in [0.4, 0.5) is 5.95 Å². The zero-order valence-electron chi connectivity index (χ0n) is 12.7. The van der Waals surface area contributed by atoms with E-state index < -0.39 is 5.41 Å². The number of amides is 1. The molecule has 1 saturated carbocycles. The van der Waals surface area contributed by atoms with Crippen molar-refractivity contribution in [2.24, 2.45) is 5.73 Å². The van der Waals surface area contributed by atoms with Gasteiger partial charge < -0.3 is 11.5 Å². The Kier molecular flexibility index (Phi) is 3.56. The summed E-state index contributed by atoms with van der Waals surface area (Å²) in [5, 5.41) is 0. The molecule has 5 nitrogen and oxygen atoms in total. The SMILES string of the molecule is Cc1cnc(N)nc1CCc1ccccc1C1(C(N)=O)CC1. The molecule has 2 aromatic rings. The lowest BCUT2D eigenvalue weighted by Gasteiger charge is -2.16. The quantitative estimate of drug-likeness (QED) is 0.877. The van der Waals surface area contributed by atoms with E-state index in [-0.39, 0.29) is 5.91 Å². The van der Waals surface area contributed by atoms with Crippen molar-refractivity contribution < 1.29 is 4.79 Å². The fourth-order valence-electron chi connectivity index (χ4n) is 2.98. The zero-order valence-corrected chi connectivity index (χ0v) is 12.7. The second kappa shape index (κ2) is 5.40. The lowest BCUT2D eigenvalue weighted by Crippen LogP contribution is -2.29. The molecule has 1 aliphatic rings. The van der Waals surface area contributed by atoms with Crippen LogP contribution in [-0.2, 0) is 23.1 Å². The van der Waals surface area contributed by atoms with Crippen LogP contribution in [0, 0.1) is 6.92 Å². The van der Waals surface area contributed by atoms with Crippen LogP contribution in [0.5, 0.6) is 0 Å². The van der Waals surface area contributed by atoms with Gasteiger partial charge in [-0.3, -0.25) is 4.79 Å². The maximum Gasteiger partial charge on any atom is 0.228 e. The van der Waals surface area contributed by atoms with Crippen molar-refractivity contribution in [1.82, 2.24) is 9.97 Å². The van der Waals surface area contributed by atoms with Gasteiger partial charge in [0.05, 0.1) is 5.41 Å². The molecule has 0 atom stereocenters. The Balaban J connectivity index is 1.85. The van der Waals surface area contributed by atoms with Crippen LogP contribution in [0.3, 0.4) is 0 Å². The Labute approximate surface area is 129 Å². The molecule has 4 N–H and O–H groups in total. The van der Waals surface area contributed by atoms with Crippen LogP contribution in [0.25, 0.3) is 0 Å². The van der Waals surface area contributed by atoms with Gasteiger partial charge in [-0.05, 0) is 49.3 Å². The van der Waals surface area contributed by atoms with Crippen molar-refractivity contribution in [3.8, 4) is 0 Å². The molecule has 1 aliphatic carbocycles. The summed E-state index contributed by atoms with van der Waals surface area (Å²) in [4.78, 5) is 20.1. The summed E-state index contributed by atoms with van der Waals surface area (Å²) in [5.74, 6) is 0.0760. The first-order valence-electron chi connectivity index (χ1n) is 7.49. The van der Waals surface area contributed by atoms with Gasteiger partial charge in [0.15, 0.2) is 0 Å². The highest BCUT2D eigenvalue weighted by molar-refractivity contribution is 5.90. The van der Waals surface area contributed by atoms with Crippen molar-refractivity contribution >= 4 is 11.9 Å². The second-order valence-corrected chi connectivity index (χ2v) is 5.96. The molecular weight excluding hydrogens is 276 g/mol. The molecule has 0 bridgehead atoms. The van der Waals surface area contributed by atoms with E-state index in [4.69, 9.17) is 11.5 Å². The summed E-state index contributed by atoms with van der Waals surface area (Å²) in [5.41, 5.74) is 15.0. The van der Waals surface area contributed by atoms with Gasteiger partial charge in [0.1, 0.15) is 0 Å². The van der Waals surface area contributed by atoms with E-state index in [0.717, 1.165) is 48.1 Å². The summed E-state index contributed by atoms with van der Waals surface area (Å²) in [6, 6.07) is 8.05. The van der Waals surface area contributed by atoms with Crippen LogP contribution in [0.2, 0.25) is 0 Å². The molecule has 22 heavy (non-hydrogen) atoms. The van der Waals surface area contributed by atoms with E-state index in [2.05, 4.69) is 16.0 Å². The molecule has 0 saturated heterocycles. The topological polar surface area (TPSA) is 94.9 Å². The van der Waals surface area contributed by atoms with Gasteiger partial charge in [-0.2, -0.15) is 0 Å². The third-order valence-corrected chi connectivity index (χ3v) is 4.48. The molecule has 1 amide bonds. The van der Waals surface area contributed by atoms with Gasteiger partial charge in [0.25, 0.3) is 0 Å². The molecule has 0 spiro atoms. The maximum atomic E-state index is 11.8. The summed E-state index contributed by atoms with van der Waals surface area (Å²) in [6.07, 6.45) is 5.01. The second-order valence-electron chi connectivity index (χ2n) is 5.96. The van der Waals surface area contributed by atoms with Gasteiger partial charge in [0, 0.05) is 11.9 Å². The number of aryl methyl sites for hydroxylation is 3. The van der Waals surface area contributed by atoms with E-state index in [0.29, 0.717) is 5.95 Å². The van der Waals surface area contributed by atoms with Crippen molar-refractivity contribution in [3.05, 3.63) is 52.8 Å². The van der Waals surface area contributed by atoms with Gasteiger partial charge >= 0.3 is 0 Å². The average Bonchev–Trinajstić information content (AvgIpc) is 3.30. The number of hydrogen-bond donors (Lipinski definition) is 2. The number of nitrogens with two attached hydrogens (primary N) is 2. The highest BCUT2D eigenvalue weighted by Gasteiger charge is 2.50. The first-order chi connectivity index (χ1) is 10.5. The Bertz CT molecular complexity index is 722. The molecule has 0 unspecified atom stereocenters. The predicted molar refractivity (Wildman–Crippen MR) is 85.1 cm³/mol. The van der Waals surface area contributed by atoms with Crippen molar-refractivity contribution in [2.45, 2.75) is 38.0 Å². The number of hydrogen-bond acceptors (Lipinski definition) is 4.